The maximum absolute atomic E-state index is 10.9. The molecule has 10 heteroatoms. The highest BCUT2D eigenvalue weighted by Crippen LogP contribution is 2.12. The monoisotopic (exact) mass is 608 g/mol. The zero-order chi connectivity index (χ0) is 30.4. The first kappa shape index (κ1) is 41.1. The molecule has 10 nitrogen and oxygen atoms in total. The molecule has 0 aliphatic heterocycles. The highest BCUT2D eigenvalue weighted by Gasteiger charge is 1.99. The molecule has 0 aromatic heterocycles. The number of rotatable bonds is 37. The number of ether oxygens (including phenoxy) is 9. The van der Waals surface area contributed by atoms with Crippen LogP contribution < -0.4 is 0 Å². The maximum atomic E-state index is 10.9. The summed E-state index contributed by atoms with van der Waals surface area (Å²) >= 11 is 0. The van der Waals surface area contributed by atoms with E-state index >= 15 is 0 Å². The fourth-order valence-electron chi connectivity index (χ4n) is 3.98. The number of hydrogen-bond donors (Lipinski definition) is 0. The third kappa shape index (κ3) is 37.2. The molecule has 0 saturated heterocycles. The van der Waals surface area contributed by atoms with E-state index in [0.29, 0.717) is 92.5 Å². The van der Waals surface area contributed by atoms with Crippen LogP contribution in [-0.4, -0.2) is 119 Å². The molecule has 0 heterocycles. The number of esters is 1. The van der Waals surface area contributed by atoms with E-state index in [4.69, 9.17) is 37.9 Å². The summed E-state index contributed by atoms with van der Waals surface area (Å²) in [6, 6.07) is 0. The maximum Gasteiger partial charge on any atom is 0.331 e. The first-order valence-corrected chi connectivity index (χ1v) is 16.5. The van der Waals surface area contributed by atoms with Crippen molar-refractivity contribution < 1.29 is 47.4 Å². The Kier molecular flexibility index (Phi) is 37.4. The zero-order valence-corrected chi connectivity index (χ0v) is 27.1. The fraction of sp³-hybridized carbons (Fsp3) is 0.969. The minimum absolute atomic E-state index is 0.0603. The molecule has 0 unspecified atom stereocenters. The molecule has 0 bridgehead atoms. The summed E-state index contributed by atoms with van der Waals surface area (Å²) in [6.07, 6.45) is 17.8. The van der Waals surface area contributed by atoms with E-state index < -0.39 is 5.97 Å². The van der Waals surface area contributed by atoms with Crippen molar-refractivity contribution in [1.29, 1.82) is 0 Å². The van der Waals surface area contributed by atoms with Crippen LogP contribution in [0.25, 0.3) is 0 Å². The Bertz CT molecular complexity index is 510. The quantitative estimate of drug-likeness (QED) is 0.0675. The standard InChI is InChI=1S/C32H64O10/c1-3-4-5-6-7-8-9-10-11-12-13-14-15-16-35-17-18-36-19-20-37-21-22-38-23-24-39-25-26-40-27-28-41-29-30-42-31-32(33)34-2/h3-31H2,1-2H3. The normalized spacial score (nSPS) is 11.4. The molecule has 0 aromatic carbocycles. The number of hydrogen-bond acceptors (Lipinski definition) is 10. The van der Waals surface area contributed by atoms with Crippen molar-refractivity contribution in [2.45, 2.75) is 90.4 Å². The molecule has 42 heavy (non-hydrogen) atoms. The lowest BCUT2D eigenvalue weighted by Crippen LogP contribution is -2.16. The van der Waals surface area contributed by atoms with Crippen molar-refractivity contribution in [2.75, 3.05) is 113 Å². The Balaban J connectivity index is 3.04. The van der Waals surface area contributed by atoms with Gasteiger partial charge in [-0.1, -0.05) is 84.0 Å². The molecular weight excluding hydrogens is 544 g/mol. The topological polar surface area (TPSA) is 100 Å². The van der Waals surface area contributed by atoms with Gasteiger partial charge in [-0.2, -0.15) is 0 Å². The van der Waals surface area contributed by atoms with Crippen molar-refractivity contribution in [3.05, 3.63) is 0 Å². The second-order valence-corrected chi connectivity index (χ2v) is 10.2. The third-order valence-electron chi connectivity index (χ3n) is 6.44. The van der Waals surface area contributed by atoms with Gasteiger partial charge in [0.1, 0.15) is 6.61 Å². The molecule has 0 spiro atoms. The molecule has 0 aliphatic carbocycles. The number of methoxy groups -OCH3 is 1. The first-order valence-electron chi connectivity index (χ1n) is 16.5. The second-order valence-electron chi connectivity index (χ2n) is 10.2. The average Bonchev–Trinajstić information content (AvgIpc) is 3.00. The number of carbonyl (C=O) groups is 1. The summed E-state index contributed by atoms with van der Waals surface area (Å²) in [7, 11) is 1.32. The van der Waals surface area contributed by atoms with Gasteiger partial charge in [-0.3, -0.25) is 0 Å². The van der Waals surface area contributed by atoms with E-state index in [1.807, 2.05) is 0 Å². The molecule has 252 valence electrons. The smallest absolute Gasteiger partial charge is 0.331 e. The number of unbranched alkanes of at least 4 members (excludes halogenated alkanes) is 12. The lowest BCUT2D eigenvalue weighted by molar-refractivity contribution is -0.146. The highest BCUT2D eigenvalue weighted by atomic mass is 16.6. The van der Waals surface area contributed by atoms with Gasteiger partial charge >= 0.3 is 5.97 Å². The lowest BCUT2D eigenvalue weighted by atomic mass is 10.0. The van der Waals surface area contributed by atoms with Gasteiger partial charge in [0.25, 0.3) is 0 Å². The van der Waals surface area contributed by atoms with Crippen molar-refractivity contribution in [1.82, 2.24) is 0 Å². The molecule has 0 atom stereocenters. The minimum atomic E-state index is -0.399. The van der Waals surface area contributed by atoms with Crippen LogP contribution in [0.3, 0.4) is 0 Å². The van der Waals surface area contributed by atoms with Crippen LogP contribution in [0.4, 0.5) is 0 Å². The molecule has 0 amide bonds. The molecule has 0 radical (unpaired) electrons. The molecule has 0 aliphatic rings. The van der Waals surface area contributed by atoms with Crippen LogP contribution in [0.5, 0.6) is 0 Å². The van der Waals surface area contributed by atoms with Crippen LogP contribution in [0.2, 0.25) is 0 Å². The largest absolute Gasteiger partial charge is 0.467 e. The van der Waals surface area contributed by atoms with Gasteiger partial charge in [0.05, 0.1) is 99.6 Å². The second kappa shape index (κ2) is 38.2. The Hall–Kier alpha value is -0.850. The van der Waals surface area contributed by atoms with Crippen LogP contribution in [0, 0.1) is 0 Å². The van der Waals surface area contributed by atoms with Crippen LogP contribution in [-0.2, 0) is 47.4 Å². The molecule has 0 saturated carbocycles. The van der Waals surface area contributed by atoms with E-state index in [-0.39, 0.29) is 6.61 Å². The SMILES string of the molecule is CCCCCCCCCCCCCCCOCCOCCOCCOCCOCCOCCOCCOCC(=O)OC. The van der Waals surface area contributed by atoms with E-state index in [0.717, 1.165) is 13.0 Å². The van der Waals surface area contributed by atoms with Crippen LogP contribution in [0.15, 0.2) is 0 Å². The summed E-state index contributed by atoms with van der Waals surface area (Å²) in [4.78, 5) is 10.9. The summed E-state index contributed by atoms with van der Waals surface area (Å²) in [5, 5.41) is 0. The van der Waals surface area contributed by atoms with Crippen molar-refractivity contribution in [3.8, 4) is 0 Å². The Morgan fingerprint density at radius 1 is 0.357 bits per heavy atom. The molecular formula is C32H64O10. The number of carbonyl (C=O) groups excluding carboxylic acids is 1. The van der Waals surface area contributed by atoms with Crippen LogP contribution in [0.1, 0.15) is 90.4 Å². The molecule has 0 rings (SSSR count). The predicted octanol–water partition coefficient (Wildman–Crippen LogP) is 5.38. The van der Waals surface area contributed by atoms with Gasteiger partial charge in [-0.05, 0) is 6.42 Å². The highest BCUT2D eigenvalue weighted by molar-refractivity contribution is 5.70. The van der Waals surface area contributed by atoms with Gasteiger partial charge in [0.2, 0.25) is 0 Å². The zero-order valence-electron chi connectivity index (χ0n) is 27.1. The van der Waals surface area contributed by atoms with Gasteiger partial charge < -0.3 is 42.6 Å². The van der Waals surface area contributed by atoms with Crippen molar-refractivity contribution in [3.63, 3.8) is 0 Å². The predicted molar refractivity (Wildman–Crippen MR) is 164 cm³/mol. The summed E-state index contributed by atoms with van der Waals surface area (Å²) in [5.41, 5.74) is 0. The van der Waals surface area contributed by atoms with Gasteiger partial charge in [-0.25, -0.2) is 4.79 Å². The summed E-state index contributed by atoms with van der Waals surface area (Å²) < 4.78 is 47.9. The lowest BCUT2D eigenvalue weighted by Gasteiger charge is -2.08. The van der Waals surface area contributed by atoms with Gasteiger partial charge in [0.15, 0.2) is 0 Å². The first-order chi connectivity index (χ1) is 20.8. The Labute approximate surface area is 256 Å². The van der Waals surface area contributed by atoms with Gasteiger partial charge in [0, 0.05) is 6.61 Å². The average molecular weight is 609 g/mol. The molecule has 0 fully saturated rings. The molecule has 0 aromatic rings. The van der Waals surface area contributed by atoms with Crippen molar-refractivity contribution >= 4 is 5.97 Å². The summed E-state index contributed by atoms with van der Waals surface area (Å²) in [6.45, 7) is 10.2. The Morgan fingerprint density at radius 3 is 0.929 bits per heavy atom. The fourth-order valence-corrected chi connectivity index (χ4v) is 3.98. The van der Waals surface area contributed by atoms with Gasteiger partial charge in [-0.15, -0.1) is 0 Å². The van der Waals surface area contributed by atoms with E-state index in [2.05, 4.69) is 11.7 Å². The van der Waals surface area contributed by atoms with Crippen molar-refractivity contribution in [2.24, 2.45) is 0 Å². The summed E-state index contributed by atoms with van der Waals surface area (Å²) in [5.74, 6) is -0.399. The Morgan fingerprint density at radius 2 is 0.619 bits per heavy atom. The third-order valence-corrected chi connectivity index (χ3v) is 6.44. The molecule has 0 N–H and O–H groups in total. The van der Waals surface area contributed by atoms with E-state index in [1.165, 1.54) is 84.2 Å². The van der Waals surface area contributed by atoms with Crippen LogP contribution >= 0.6 is 0 Å². The minimum Gasteiger partial charge on any atom is -0.467 e. The van der Waals surface area contributed by atoms with E-state index in [9.17, 15) is 4.79 Å². The van der Waals surface area contributed by atoms with E-state index in [1.54, 1.807) is 0 Å².